The molecule has 0 heterocycles. The summed E-state index contributed by atoms with van der Waals surface area (Å²) in [5, 5.41) is 0. The van der Waals surface area contributed by atoms with Gasteiger partial charge < -0.3 is 0 Å². The second-order valence-electron chi connectivity index (χ2n) is 8.48. The van der Waals surface area contributed by atoms with Crippen molar-refractivity contribution in [3.05, 3.63) is 0 Å². The predicted molar refractivity (Wildman–Crippen MR) is 97.6 cm³/mol. The molecule has 2 atom stereocenters. The second-order valence-corrected chi connectivity index (χ2v) is 8.48. The van der Waals surface area contributed by atoms with Crippen LogP contribution in [0.25, 0.3) is 0 Å². The molecule has 3 fully saturated rings. The van der Waals surface area contributed by atoms with Crippen molar-refractivity contribution >= 4 is 12.2 Å². The van der Waals surface area contributed by atoms with Crippen LogP contribution in [0.1, 0.15) is 89.9 Å². The first-order chi connectivity index (χ1) is 12.3. The van der Waals surface area contributed by atoms with Crippen molar-refractivity contribution in [1.82, 2.24) is 0 Å². The Labute approximate surface area is 151 Å². The monoisotopic (exact) mass is 344 g/mol. The zero-order chi connectivity index (χ0) is 17.5. The lowest BCUT2D eigenvalue weighted by molar-refractivity contribution is 0.0320. The highest BCUT2D eigenvalue weighted by molar-refractivity contribution is 5.40. The van der Waals surface area contributed by atoms with E-state index < -0.39 is 5.66 Å². The molecule has 138 valence electrons. The van der Waals surface area contributed by atoms with Crippen LogP contribution in [0, 0.1) is 23.7 Å². The van der Waals surface area contributed by atoms with E-state index >= 15 is 0 Å². The van der Waals surface area contributed by atoms with Gasteiger partial charge >= 0.3 is 0 Å². The van der Waals surface area contributed by atoms with Crippen molar-refractivity contribution in [2.45, 2.75) is 95.6 Å². The van der Waals surface area contributed by atoms with Crippen LogP contribution in [0.3, 0.4) is 0 Å². The number of hydrogen-bond acceptors (Lipinski definition) is 4. The molecule has 3 rings (SSSR count). The summed E-state index contributed by atoms with van der Waals surface area (Å²) in [6.45, 7) is 0. The van der Waals surface area contributed by atoms with Crippen LogP contribution >= 0.6 is 0 Å². The summed E-state index contributed by atoms with van der Waals surface area (Å²) in [7, 11) is 0. The molecule has 3 aliphatic carbocycles. The number of isocyanates is 2. The molecule has 3 aliphatic rings. The number of rotatable bonds is 5. The molecule has 4 nitrogen and oxygen atoms in total. The standard InChI is InChI=1S/C21H32N2O2/c24-15-22-21(23-16-25,18-11-5-2-6-12-18)20-14-8-7-13-19(20)17-9-3-1-4-10-17/h17-20H,1-14H2. The summed E-state index contributed by atoms with van der Waals surface area (Å²) in [4.78, 5) is 31.4. The maximum atomic E-state index is 11.4. The fourth-order valence-corrected chi connectivity index (χ4v) is 6.16. The van der Waals surface area contributed by atoms with Gasteiger partial charge in [0.2, 0.25) is 12.2 Å². The van der Waals surface area contributed by atoms with Gasteiger partial charge in [-0.25, -0.2) is 9.59 Å². The van der Waals surface area contributed by atoms with Crippen molar-refractivity contribution in [1.29, 1.82) is 0 Å². The summed E-state index contributed by atoms with van der Waals surface area (Å²) < 4.78 is 0. The van der Waals surface area contributed by atoms with E-state index in [9.17, 15) is 9.59 Å². The molecule has 0 aromatic rings. The molecular formula is C21H32N2O2. The van der Waals surface area contributed by atoms with Crippen LogP contribution in [0.15, 0.2) is 9.98 Å². The van der Waals surface area contributed by atoms with E-state index in [1.165, 1.54) is 51.4 Å². The Kier molecular flexibility index (Phi) is 6.62. The predicted octanol–water partition coefficient (Wildman–Crippen LogP) is 5.32. The summed E-state index contributed by atoms with van der Waals surface area (Å²) in [6, 6.07) is 0. The van der Waals surface area contributed by atoms with Crippen LogP contribution in [0.4, 0.5) is 0 Å². The SMILES string of the molecule is O=C=NC(N=C=O)(C1CCCCC1)C1CCCCC1C1CCCCC1. The Morgan fingerprint density at radius 3 is 1.76 bits per heavy atom. The molecule has 0 amide bonds. The van der Waals surface area contributed by atoms with Gasteiger partial charge in [0.1, 0.15) is 0 Å². The first-order valence-corrected chi connectivity index (χ1v) is 10.5. The summed E-state index contributed by atoms with van der Waals surface area (Å²) >= 11 is 0. The minimum Gasteiger partial charge on any atom is -0.211 e. The lowest BCUT2D eigenvalue weighted by atomic mass is 9.60. The van der Waals surface area contributed by atoms with Crippen LogP contribution in [-0.4, -0.2) is 17.8 Å². The van der Waals surface area contributed by atoms with E-state index in [2.05, 4.69) is 9.98 Å². The Bertz CT molecular complexity index is 504. The molecule has 0 bridgehead atoms. The third-order valence-electron chi connectivity index (χ3n) is 7.28. The lowest BCUT2D eigenvalue weighted by Gasteiger charge is -2.48. The molecule has 0 aliphatic heterocycles. The Hall–Kier alpha value is -1.24. The van der Waals surface area contributed by atoms with Gasteiger partial charge in [0.15, 0.2) is 5.66 Å². The fraction of sp³-hybridized carbons (Fsp3) is 0.905. The minimum atomic E-state index is -0.882. The third-order valence-corrected chi connectivity index (χ3v) is 7.28. The first kappa shape index (κ1) is 18.5. The minimum absolute atomic E-state index is 0.207. The van der Waals surface area contributed by atoms with Crippen LogP contribution in [0.5, 0.6) is 0 Å². The molecule has 0 spiro atoms. The van der Waals surface area contributed by atoms with Gasteiger partial charge in [-0.15, -0.1) is 0 Å². The van der Waals surface area contributed by atoms with Gasteiger partial charge in [-0.2, -0.15) is 9.98 Å². The number of carbonyl (C=O) groups excluding carboxylic acids is 2. The molecule has 3 saturated carbocycles. The van der Waals surface area contributed by atoms with Crippen molar-refractivity contribution in [3.63, 3.8) is 0 Å². The fourth-order valence-electron chi connectivity index (χ4n) is 6.16. The molecule has 25 heavy (non-hydrogen) atoms. The van der Waals surface area contributed by atoms with Gasteiger partial charge in [0.05, 0.1) is 0 Å². The van der Waals surface area contributed by atoms with Gasteiger partial charge in [-0.1, -0.05) is 64.2 Å². The Balaban J connectivity index is 1.95. The average molecular weight is 344 g/mol. The van der Waals surface area contributed by atoms with E-state index in [1.807, 2.05) is 12.2 Å². The zero-order valence-electron chi connectivity index (χ0n) is 15.4. The van der Waals surface area contributed by atoms with E-state index in [0.29, 0.717) is 11.8 Å². The molecular weight excluding hydrogens is 312 g/mol. The second kappa shape index (κ2) is 8.92. The van der Waals surface area contributed by atoms with Crippen molar-refractivity contribution < 1.29 is 9.59 Å². The number of hydrogen-bond donors (Lipinski definition) is 0. The zero-order valence-corrected chi connectivity index (χ0v) is 15.4. The van der Waals surface area contributed by atoms with E-state index in [1.54, 1.807) is 0 Å². The van der Waals surface area contributed by atoms with Crippen LogP contribution in [-0.2, 0) is 9.59 Å². The van der Waals surface area contributed by atoms with E-state index in [0.717, 1.165) is 38.5 Å². The summed E-state index contributed by atoms with van der Waals surface area (Å²) in [6.07, 6.45) is 20.4. The molecule has 0 N–H and O–H groups in total. The topological polar surface area (TPSA) is 58.9 Å². The van der Waals surface area contributed by atoms with Gasteiger partial charge in [-0.05, 0) is 37.5 Å². The normalized spacial score (nSPS) is 31.4. The quantitative estimate of drug-likeness (QED) is 0.500. The molecule has 2 unspecified atom stereocenters. The molecule has 0 radical (unpaired) electrons. The van der Waals surface area contributed by atoms with Crippen molar-refractivity contribution in [3.8, 4) is 0 Å². The highest BCUT2D eigenvalue weighted by Gasteiger charge is 2.51. The van der Waals surface area contributed by atoms with E-state index in [4.69, 9.17) is 0 Å². The third kappa shape index (κ3) is 3.96. The van der Waals surface area contributed by atoms with Crippen LogP contribution in [0.2, 0.25) is 0 Å². The number of aliphatic imine (C=N–C) groups is 2. The average Bonchev–Trinajstić information content (AvgIpc) is 2.69. The number of nitrogens with zero attached hydrogens (tertiary/aromatic N) is 2. The maximum Gasteiger partial charge on any atom is 0.237 e. The van der Waals surface area contributed by atoms with Gasteiger partial charge in [0, 0.05) is 11.8 Å². The van der Waals surface area contributed by atoms with Gasteiger partial charge in [0.25, 0.3) is 0 Å². The molecule has 0 saturated heterocycles. The van der Waals surface area contributed by atoms with Gasteiger partial charge in [-0.3, -0.25) is 0 Å². The lowest BCUT2D eigenvalue weighted by Crippen LogP contribution is -2.49. The largest absolute Gasteiger partial charge is 0.237 e. The summed E-state index contributed by atoms with van der Waals surface area (Å²) in [5.74, 6) is 1.68. The smallest absolute Gasteiger partial charge is 0.211 e. The summed E-state index contributed by atoms with van der Waals surface area (Å²) in [5.41, 5.74) is -0.882. The molecule has 4 heteroatoms. The van der Waals surface area contributed by atoms with Crippen molar-refractivity contribution in [2.24, 2.45) is 33.7 Å². The Morgan fingerprint density at radius 1 is 0.640 bits per heavy atom. The molecule has 0 aromatic carbocycles. The highest BCUT2D eigenvalue weighted by Crippen LogP contribution is 2.52. The maximum absolute atomic E-state index is 11.4. The highest BCUT2D eigenvalue weighted by atomic mass is 16.1. The molecule has 0 aromatic heterocycles. The first-order valence-electron chi connectivity index (χ1n) is 10.5. The van der Waals surface area contributed by atoms with E-state index in [-0.39, 0.29) is 11.8 Å². The van der Waals surface area contributed by atoms with Crippen LogP contribution < -0.4 is 0 Å². The Morgan fingerprint density at radius 2 is 1.16 bits per heavy atom. The van der Waals surface area contributed by atoms with Crippen molar-refractivity contribution in [2.75, 3.05) is 0 Å².